The molecule has 5 nitrogen and oxygen atoms in total. The van der Waals surface area contributed by atoms with E-state index in [1.165, 1.54) is 6.08 Å². The molecule has 1 saturated carbocycles. The van der Waals surface area contributed by atoms with Crippen LogP contribution in [0.25, 0.3) is 5.70 Å². The van der Waals surface area contributed by atoms with Crippen LogP contribution in [0.2, 0.25) is 0 Å². The monoisotopic (exact) mass is 258 g/mol. The van der Waals surface area contributed by atoms with E-state index in [2.05, 4.69) is 5.32 Å². The molecule has 19 heavy (non-hydrogen) atoms. The average molecular weight is 258 g/mol. The first-order valence-electron chi connectivity index (χ1n) is 6.16. The van der Waals surface area contributed by atoms with E-state index >= 15 is 0 Å². The van der Waals surface area contributed by atoms with Crippen molar-refractivity contribution in [2.75, 3.05) is 0 Å². The summed E-state index contributed by atoms with van der Waals surface area (Å²) >= 11 is 0. The van der Waals surface area contributed by atoms with Crippen LogP contribution in [0, 0.1) is 0 Å². The average Bonchev–Trinajstić information content (AvgIpc) is 3.20. The Balaban J connectivity index is 2.16. The van der Waals surface area contributed by atoms with Gasteiger partial charge in [-0.1, -0.05) is 12.1 Å². The van der Waals surface area contributed by atoms with Crippen molar-refractivity contribution in [3.8, 4) is 0 Å². The summed E-state index contributed by atoms with van der Waals surface area (Å²) in [5.74, 6) is 0.122. The zero-order valence-corrected chi connectivity index (χ0v) is 10.6. The summed E-state index contributed by atoms with van der Waals surface area (Å²) in [7, 11) is 0. The molecule has 100 valence electrons. The second kappa shape index (κ2) is 5.48. The van der Waals surface area contributed by atoms with Crippen molar-refractivity contribution in [3.05, 3.63) is 53.4 Å². The smallest absolute Gasteiger partial charge is 0.251 e. The zero-order chi connectivity index (χ0) is 13.8. The second-order valence-electron chi connectivity index (χ2n) is 4.62. The van der Waals surface area contributed by atoms with Crippen molar-refractivity contribution in [1.29, 1.82) is 0 Å². The first-order valence-corrected chi connectivity index (χ1v) is 6.16. The van der Waals surface area contributed by atoms with E-state index in [9.17, 15) is 4.79 Å². The first-order chi connectivity index (χ1) is 9.06. The van der Waals surface area contributed by atoms with E-state index in [1.54, 1.807) is 24.3 Å². The van der Waals surface area contributed by atoms with E-state index in [4.69, 9.17) is 17.2 Å². The van der Waals surface area contributed by atoms with Crippen molar-refractivity contribution in [2.45, 2.75) is 18.9 Å². The molecular weight excluding hydrogens is 240 g/mol. The number of hydrogen-bond donors (Lipinski definition) is 4. The zero-order valence-electron chi connectivity index (χ0n) is 10.6. The molecule has 2 rings (SSSR count). The fraction of sp³-hybridized carbons (Fsp3) is 0.214. The van der Waals surface area contributed by atoms with Gasteiger partial charge in [0.2, 0.25) is 0 Å². The molecule has 5 heteroatoms. The number of amides is 1. The number of carbonyl (C=O) groups excluding carboxylic acids is 1. The summed E-state index contributed by atoms with van der Waals surface area (Å²) in [5.41, 5.74) is 18.4. The minimum absolute atomic E-state index is 0.0639. The molecule has 1 fully saturated rings. The van der Waals surface area contributed by atoms with Gasteiger partial charge in [-0.05, 0) is 42.7 Å². The van der Waals surface area contributed by atoms with Crippen LogP contribution < -0.4 is 22.5 Å². The van der Waals surface area contributed by atoms with Gasteiger partial charge in [0.1, 0.15) is 0 Å². The molecule has 1 aromatic carbocycles. The standard InChI is InChI=1S/C14H18N4O/c15-12(6-7-13(16)17)9-2-1-3-10(8-9)14(19)18-11-4-5-11/h1-3,6-8,11H,4-5,15-17H2,(H,18,19)/b12-6-. The molecule has 0 unspecified atom stereocenters. The number of allylic oxidation sites excluding steroid dienone is 2. The summed E-state index contributed by atoms with van der Waals surface area (Å²) in [4.78, 5) is 11.9. The Kier molecular flexibility index (Phi) is 3.75. The Bertz CT molecular complexity index is 540. The molecule has 1 aromatic rings. The second-order valence-corrected chi connectivity index (χ2v) is 4.62. The van der Waals surface area contributed by atoms with Crippen molar-refractivity contribution >= 4 is 11.6 Å². The van der Waals surface area contributed by atoms with Crippen LogP contribution in [-0.2, 0) is 0 Å². The van der Waals surface area contributed by atoms with Gasteiger partial charge in [0.25, 0.3) is 5.91 Å². The van der Waals surface area contributed by atoms with Crippen molar-refractivity contribution in [3.63, 3.8) is 0 Å². The van der Waals surface area contributed by atoms with Crippen LogP contribution in [0.3, 0.4) is 0 Å². The number of carbonyl (C=O) groups is 1. The predicted octanol–water partition coefficient (Wildman–Crippen LogP) is 0.637. The number of rotatable bonds is 4. The maximum atomic E-state index is 11.9. The molecule has 0 spiro atoms. The molecule has 7 N–H and O–H groups in total. The van der Waals surface area contributed by atoms with Gasteiger partial charge in [-0.2, -0.15) is 0 Å². The Hall–Kier alpha value is -2.43. The predicted molar refractivity (Wildman–Crippen MR) is 75.6 cm³/mol. The molecule has 0 atom stereocenters. The highest BCUT2D eigenvalue weighted by Gasteiger charge is 2.23. The maximum Gasteiger partial charge on any atom is 0.251 e. The normalized spacial score (nSPS) is 14.8. The van der Waals surface area contributed by atoms with E-state index in [1.807, 2.05) is 6.07 Å². The largest absolute Gasteiger partial charge is 0.398 e. The molecule has 1 aliphatic rings. The van der Waals surface area contributed by atoms with Gasteiger partial charge < -0.3 is 22.5 Å². The summed E-state index contributed by atoms with van der Waals surface area (Å²) in [5, 5.41) is 2.94. The molecule has 0 aromatic heterocycles. The number of benzene rings is 1. The fourth-order valence-electron chi connectivity index (χ4n) is 1.62. The molecule has 0 saturated heterocycles. The SMILES string of the molecule is NC(N)=C/C=C(\N)c1cccc(C(=O)NC2CC2)c1. The molecule has 1 amide bonds. The van der Waals surface area contributed by atoms with E-state index in [0.717, 1.165) is 18.4 Å². The summed E-state index contributed by atoms with van der Waals surface area (Å²) in [6.07, 6.45) is 5.27. The van der Waals surface area contributed by atoms with Gasteiger partial charge in [-0.3, -0.25) is 4.79 Å². The van der Waals surface area contributed by atoms with Crippen molar-refractivity contribution in [2.24, 2.45) is 17.2 Å². The minimum atomic E-state index is -0.0639. The lowest BCUT2D eigenvalue weighted by Gasteiger charge is -2.06. The molecular formula is C14H18N4O. The van der Waals surface area contributed by atoms with Gasteiger partial charge in [0.05, 0.1) is 5.82 Å². The summed E-state index contributed by atoms with van der Waals surface area (Å²) < 4.78 is 0. The minimum Gasteiger partial charge on any atom is -0.398 e. The van der Waals surface area contributed by atoms with E-state index in [0.29, 0.717) is 17.3 Å². The summed E-state index contributed by atoms with van der Waals surface area (Å²) in [6.45, 7) is 0. The van der Waals surface area contributed by atoms with Crippen LogP contribution in [0.5, 0.6) is 0 Å². The van der Waals surface area contributed by atoms with Crippen molar-refractivity contribution < 1.29 is 4.79 Å². The molecule has 0 bridgehead atoms. The topological polar surface area (TPSA) is 107 Å². The number of hydrogen-bond acceptors (Lipinski definition) is 4. The third kappa shape index (κ3) is 3.77. The van der Waals surface area contributed by atoms with E-state index < -0.39 is 0 Å². The number of nitrogens with one attached hydrogen (secondary N) is 1. The molecule has 1 aliphatic carbocycles. The third-order valence-corrected chi connectivity index (χ3v) is 2.83. The Morgan fingerprint density at radius 2 is 1.84 bits per heavy atom. The van der Waals surface area contributed by atoms with Crippen LogP contribution >= 0.6 is 0 Å². The van der Waals surface area contributed by atoms with Crippen LogP contribution in [0.4, 0.5) is 0 Å². The van der Waals surface area contributed by atoms with E-state index in [-0.39, 0.29) is 11.7 Å². The Labute approximate surface area is 112 Å². The highest BCUT2D eigenvalue weighted by molar-refractivity contribution is 5.95. The van der Waals surface area contributed by atoms with Crippen LogP contribution in [-0.4, -0.2) is 11.9 Å². The van der Waals surface area contributed by atoms with Gasteiger partial charge >= 0.3 is 0 Å². The lowest BCUT2D eigenvalue weighted by molar-refractivity contribution is 0.0951. The Morgan fingerprint density at radius 3 is 2.47 bits per heavy atom. The Morgan fingerprint density at radius 1 is 1.16 bits per heavy atom. The third-order valence-electron chi connectivity index (χ3n) is 2.83. The lowest BCUT2D eigenvalue weighted by Crippen LogP contribution is -2.25. The fourth-order valence-corrected chi connectivity index (χ4v) is 1.62. The molecule has 0 heterocycles. The summed E-state index contributed by atoms with van der Waals surface area (Å²) in [6, 6.07) is 7.49. The van der Waals surface area contributed by atoms with Crippen LogP contribution in [0.15, 0.2) is 42.2 Å². The van der Waals surface area contributed by atoms with Gasteiger partial charge in [-0.15, -0.1) is 0 Å². The highest BCUT2D eigenvalue weighted by atomic mass is 16.1. The highest BCUT2D eigenvalue weighted by Crippen LogP contribution is 2.20. The van der Waals surface area contributed by atoms with Crippen molar-refractivity contribution in [1.82, 2.24) is 5.32 Å². The van der Waals surface area contributed by atoms with Gasteiger partial charge in [-0.25, -0.2) is 0 Å². The first kappa shape index (κ1) is 13.0. The lowest BCUT2D eigenvalue weighted by atomic mass is 10.1. The quantitative estimate of drug-likeness (QED) is 0.594. The molecule has 0 aliphatic heterocycles. The molecule has 0 radical (unpaired) electrons. The maximum absolute atomic E-state index is 11.9. The van der Waals surface area contributed by atoms with Gasteiger partial charge in [0, 0.05) is 17.3 Å². The van der Waals surface area contributed by atoms with Crippen LogP contribution in [0.1, 0.15) is 28.8 Å². The number of nitrogens with two attached hydrogens (primary N) is 3. The van der Waals surface area contributed by atoms with Gasteiger partial charge in [0.15, 0.2) is 0 Å².